The van der Waals surface area contributed by atoms with Gasteiger partial charge in [0.05, 0.1) is 7.11 Å². The third-order valence-electron chi connectivity index (χ3n) is 3.29. The Balaban J connectivity index is 2.08. The van der Waals surface area contributed by atoms with Gasteiger partial charge in [-0.2, -0.15) is 0 Å². The molecule has 1 saturated carbocycles. The van der Waals surface area contributed by atoms with Crippen LogP contribution in [0.25, 0.3) is 0 Å². The predicted octanol–water partition coefficient (Wildman–Crippen LogP) is 3.23. The van der Waals surface area contributed by atoms with Crippen LogP contribution in [0.1, 0.15) is 19.3 Å². The summed E-state index contributed by atoms with van der Waals surface area (Å²) < 4.78 is 22.8. The van der Waals surface area contributed by atoms with Crippen LogP contribution in [-0.2, 0) is 14.1 Å². The van der Waals surface area contributed by atoms with Crippen LogP contribution in [0, 0.1) is 0 Å². The molecular formula is C13H17ClNO4P. The number of carbonyl (C=O) groups is 1. The summed E-state index contributed by atoms with van der Waals surface area (Å²) in [5.74, 6) is 0.0394. The Hall–Kier alpha value is -1.03. The summed E-state index contributed by atoms with van der Waals surface area (Å²) in [6.45, 7) is 1.45. The first-order valence-electron chi connectivity index (χ1n) is 6.27. The highest BCUT2D eigenvalue weighted by Crippen LogP contribution is 2.46. The molecule has 0 radical (unpaired) electrons. The fraction of sp³-hybridized carbons (Fsp3) is 0.462. The summed E-state index contributed by atoms with van der Waals surface area (Å²) in [6, 6.07) is 6.56. The molecule has 0 bridgehead atoms. The number of ether oxygens (including phenoxy) is 1. The lowest BCUT2D eigenvalue weighted by atomic mass is 9.78. The first-order valence-corrected chi connectivity index (χ1v) is 8.72. The minimum atomic E-state index is -3.18. The minimum absolute atomic E-state index is 0.398. The van der Waals surface area contributed by atoms with E-state index >= 15 is 0 Å². The number of methoxy groups -OCH3 is 1. The van der Waals surface area contributed by atoms with Crippen molar-refractivity contribution in [1.29, 1.82) is 0 Å². The predicted molar refractivity (Wildman–Crippen MR) is 77.3 cm³/mol. The van der Waals surface area contributed by atoms with Gasteiger partial charge in [-0.15, -0.1) is 0 Å². The molecule has 1 aliphatic rings. The summed E-state index contributed by atoms with van der Waals surface area (Å²) >= 11 is 5.78. The van der Waals surface area contributed by atoms with Gasteiger partial charge in [0.15, 0.2) is 0 Å². The molecule has 1 aromatic carbocycles. The van der Waals surface area contributed by atoms with Crippen molar-refractivity contribution in [3.8, 4) is 5.75 Å². The minimum Gasteiger partial charge on any atom is -0.468 e. The molecule has 7 heteroatoms. The van der Waals surface area contributed by atoms with Gasteiger partial charge in [0.2, 0.25) is 0 Å². The fourth-order valence-electron chi connectivity index (χ4n) is 2.20. The lowest BCUT2D eigenvalue weighted by Gasteiger charge is -2.40. The number of rotatable bonds is 5. The molecule has 2 rings (SSSR count). The monoisotopic (exact) mass is 317 g/mol. The third kappa shape index (κ3) is 3.35. The summed E-state index contributed by atoms with van der Waals surface area (Å²) in [7, 11) is -1.85. The van der Waals surface area contributed by atoms with Crippen molar-refractivity contribution >= 4 is 25.1 Å². The average molecular weight is 318 g/mol. The zero-order valence-corrected chi connectivity index (χ0v) is 13.0. The van der Waals surface area contributed by atoms with Gasteiger partial charge >= 0.3 is 13.5 Å². The van der Waals surface area contributed by atoms with Gasteiger partial charge in [-0.1, -0.05) is 11.6 Å². The molecule has 0 saturated heterocycles. The SMILES string of the molecule is COC(=O)C1(NP(C)(=O)Oc2ccc(Cl)cc2)CCC1. The first kappa shape index (κ1) is 15.4. The van der Waals surface area contributed by atoms with E-state index in [1.807, 2.05) is 0 Å². The van der Waals surface area contributed by atoms with Gasteiger partial charge in [0.25, 0.3) is 0 Å². The number of esters is 1. The van der Waals surface area contributed by atoms with Gasteiger partial charge in [-0.25, -0.2) is 5.09 Å². The Morgan fingerprint density at radius 1 is 1.35 bits per heavy atom. The van der Waals surface area contributed by atoms with Gasteiger partial charge in [0, 0.05) is 11.7 Å². The van der Waals surface area contributed by atoms with Crippen molar-refractivity contribution in [1.82, 2.24) is 5.09 Å². The van der Waals surface area contributed by atoms with E-state index in [1.54, 1.807) is 24.3 Å². The molecule has 1 N–H and O–H groups in total. The van der Waals surface area contributed by atoms with Gasteiger partial charge in [0.1, 0.15) is 11.3 Å². The zero-order chi connectivity index (χ0) is 14.8. The first-order chi connectivity index (χ1) is 9.37. The number of carbonyl (C=O) groups excluding carboxylic acids is 1. The Bertz CT molecular complexity index is 542. The summed E-state index contributed by atoms with van der Waals surface area (Å²) in [5.41, 5.74) is -0.883. The zero-order valence-electron chi connectivity index (χ0n) is 11.4. The number of nitrogens with one attached hydrogen (secondary N) is 1. The Morgan fingerprint density at radius 2 is 1.95 bits per heavy atom. The molecule has 1 aromatic rings. The molecule has 1 aliphatic carbocycles. The van der Waals surface area contributed by atoms with Crippen molar-refractivity contribution in [2.24, 2.45) is 0 Å². The normalized spacial score (nSPS) is 19.6. The molecule has 0 amide bonds. The molecule has 5 nitrogen and oxygen atoms in total. The lowest BCUT2D eigenvalue weighted by molar-refractivity contribution is -0.151. The standard InChI is InChI=1S/C13H17ClNO4P/c1-18-12(16)13(8-3-9-13)15-20(2,17)19-11-6-4-10(14)5-7-11/h4-7H,3,8-9H2,1-2H3,(H,15,17). The molecule has 1 unspecified atom stereocenters. The Kier molecular flexibility index (Phi) is 4.43. The quantitative estimate of drug-likeness (QED) is 0.667. The second-order valence-electron chi connectivity index (χ2n) is 4.93. The molecular weight excluding hydrogens is 301 g/mol. The maximum absolute atomic E-state index is 12.5. The third-order valence-corrected chi connectivity index (χ3v) is 4.94. The summed E-state index contributed by atoms with van der Waals surface area (Å²) in [5, 5.41) is 3.42. The van der Waals surface area contributed by atoms with Gasteiger partial charge in [-0.3, -0.25) is 9.36 Å². The van der Waals surface area contributed by atoms with Crippen LogP contribution in [0.3, 0.4) is 0 Å². The highest BCUT2D eigenvalue weighted by atomic mass is 35.5. The molecule has 0 heterocycles. The van der Waals surface area contributed by atoms with Crippen molar-refractivity contribution in [2.75, 3.05) is 13.8 Å². The van der Waals surface area contributed by atoms with Gasteiger partial charge < -0.3 is 9.26 Å². The maximum atomic E-state index is 12.5. The van der Waals surface area contributed by atoms with E-state index in [1.165, 1.54) is 13.8 Å². The van der Waals surface area contributed by atoms with E-state index in [2.05, 4.69) is 5.09 Å². The van der Waals surface area contributed by atoms with Crippen LogP contribution in [0.2, 0.25) is 5.02 Å². The number of hydrogen-bond acceptors (Lipinski definition) is 4. The highest BCUT2D eigenvalue weighted by Gasteiger charge is 2.49. The van der Waals surface area contributed by atoms with Crippen LogP contribution in [0.15, 0.2) is 24.3 Å². The van der Waals surface area contributed by atoms with Crippen LogP contribution in [0.4, 0.5) is 0 Å². The lowest BCUT2D eigenvalue weighted by Crippen LogP contribution is -2.56. The van der Waals surface area contributed by atoms with Crippen LogP contribution >= 0.6 is 19.1 Å². The van der Waals surface area contributed by atoms with E-state index in [9.17, 15) is 9.36 Å². The van der Waals surface area contributed by atoms with Crippen molar-refractivity contribution < 1.29 is 18.6 Å². The molecule has 20 heavy (non-hydrogen) atoms. The fourth-order valence-corrected chi connectivity index (χ4v) is 3.98. The molecule has 1 fully saturated rings. The summed E-state index contributed by atoms with van der Waals surface area (Å²) in [4.78, 5) is 11.8. The number of hydrogen-bond donors (Lipinski definition) is 1. The Labute approximate surface area is 123 Å². The van der Waals surface area contributed by atoms with E-state index in [0.717, 1.165) is 6.42 Å². The van der Waals surface area contributed by atoms with E-state index in [0.29, 0.717) is 23.6 Å². The Morgan fingerprint density at radius 3 is 2.40 bits per heavy atom. The van der Waals surface area contributed by atoms with E-state index in [-0.39, 0.29) is 0 Å². The summed E-state index contributed by atoms with van der Waals surface area (Å²) in [6.07, 6.45) is 2.09. The topological polar surface area (TPSA) is 64.6 Å². The number of benzene rings is 1. The smallest absolute Gasteiger partial charge is 0.326 e. The van der Waals surface area contributed by atoms with Crippen molar-refractivity contribution in [3.63, 3.8) is 0 Å². The molecule has 0 aliphatic heterocycles. The van der Waals surface area contributed by atoms with Gasteiger partial charge in [-0.05, 0) is 43.5 Å². The molecule has 110 valence electrons. The van der Waals surface area contributed by atoms with Crippen molar-refractivity contribution in [2.45, 2.75) is 24.8 Å². The largest absolute Gasteiger partial charge is 0.468 e. The highest BCUT2D eigenvalue weighted by molar-refractivity contribution is 7.56. The maximum Gasteiger partial charge on any atom is 0.326 e. The van der Waals surface area contributed by atoms with Crippen LogP contribution < -0.4 is 9.61 Å². The second kappa shape index (κ2) is 5.76. The molecule has 1 atom stereocenters. The van der Waals surface area contributed by atoms with E-state index < -0.39 is 19.0 Å². The average Bonchev–Trinajstić information content (AvgIpc) is 2.35. The van der Waals surface area contributed by atoms with Crippen LogP contribution in [-0.4, -0.2) is 25.3 Å². The number of halogens is 1. The molecule has 0 aromatic heterocycles. The molecule has 0 spiro atoms. The van der Waals surface area contributed by atoms with E-state index in [4.69, 9.17) is 20.9 Å². The van der Waals surface area contributed by atoms with Crippen molar-refractivity contribution in [3.05, 3.63) is 29.3 Å². The second-order valence-corrected chi connectivity index (χ2v) is 7.46. The van der Waals surface area contributed by atoms with Crippen LogP contribution in [0.5, 0.6) is 5.75 Å².